The normalized spacial score (nSPS) is 11.6. The number of rotatable bonds is 2. The van der Waals surface area contributed by atoms with Gasteiger partial charge in [-0.2, -0.15) is 0 Å². The van der Waals surface area contributed by atoms with Crippen molar-refractivity contribution in [3.8, 4) is 11.5 Å². The Kier molecular flexibility index (Phi) is 7.77. The second-order valence-corrected chi connectivity index (χ2v) is 9.13. The molecule has 0 aromatic heterocycles. The van der Waals surface area contributed by atoms with Gasteiger partial charge in [-0.15, -0.1) is 0 Å². The Bertz CT molecular complexity index is 850. The second kappa shape index (κ2) is 9.08. The Morgan fingerprint density at radius 3 is 1.66 bits per heavy atom. The molecule has 0 radical (unpaired) electrons. The first-order valence-electron chi connectivity index (χ1n) is 9.10. The molecule has 0 amide bonds. The first-order chi connectivity index (χ1) is 13.1. The molecule has 0 saturated carbocycles. The molecule has 0 spiro atoms. The van der Waals surface area contributed by atoms with Crippen LogP contribution < -0.4 is 20.9 Å². The summed E-state index contributed by atoms with van der Waals surface area (Å²) in [6, 6.07) is 4.88. The number of halogens is 3. The van der Waals surface area contributed by atoms with Crippen LogP contribution in [0.25, 0.3) is 0 Å². The average Bonchev–Trinajstić information content (AvgIpc) is 2.57. The summed E-state index contributed by atoms with van der Waals surface area (Å²) in [7, 11) is 2.77. The standard InChI is InChI=1S/C11H15ClFNO.C11H16FNO/c1-11(2,3)6-5-7(14)10(15-4)9(13)8(6)12;1-11(2,3)7-5-8(12)10(14-4)9(13)6-7/h5H,14H2,1-4H3;5-6H,13H2,1-4H3. The van der Waals surface area contributed by atoms with Crippen molar-refractivity contribution in [2.24, 2.45) is 0 Å². The monoisotopic (exact) mass is 428 g/mol. The van der Waals surface area contributed by atoms with E-state index >= 15 is 0 Å². The van der Waals surface area contributed by atoms with Crippen LogP contribution in [0.1, 0.15) is 52.7 Å². The summed E-state index contributed by atoms with van der Waals surface area (Å²) in [5.41, 5.74) is 13.1. The summed E-state index contributed by atoms with van der Waals surface area (Å²) in [4.78, 5) is 0. The van der Waals surface area contributed by atoms with Gasteiger partial charge in [0.1, 0.15) is 0 Å². The lowest BCUT2D eigenvalue weighted by Crippen LogP contribution is -2.14. The van der Waals surface area contributed by atoms with E-state index in [2.05, 4.69) is 0 Å². The molecule has 0 unspecified atom stereocenters. The molecule has 0 bridgehead atoms. The first kappa shape index (κ1) is 24.8. The number of nitrogen functional groups attached to an aromatic ring is 2. The number of benzene rings is 2. The molecule has 2 rings (SSSR count). The van der Waals surface area contributed by atoms with Gasteiger partial charge >= 0.3 is 0 Å². The summed E-state index contributed by atoms with van der Waals surface area (Å²) < 4.78 is 36.8. The lowest BCUT2D eigenvalue weighted by atomic mass is 9.86. The number of anilines is 2. The number of hydrogen-bond donors (Lipinski definition) is 2. The van der Waals surface area contributed by atoms with Gasteiger partial charge in [0.2, 0.25) is 0 Å². The topological polar surface area (TPSA) is 70.5 Å². The van der Waals surface area contributed by atoms with Gasteiger partial charge < -0.3 is 20.9 Å². The van der Waals surface area contributed by atoms with Crippen molar-refractivity contribution in [1.29, 1.82) is 0 Å². The van der Waals surface area contributed by atoms with Gasteiger partial charge in [0.25, 0.3) is 0 Å². The molecule has 2 aromatic carbocycles. The fourth-order valence-electron chi connectivity index (χ4n) is 2.65. The summed E-state index contributed by atoms with van der Waals surface area (Å²) in [6.45, 7) is 11.9. The van der Waals surface area contributed by atoms with E-state index in [9.17, 15) is 8.78 Å². The molecule has 4 N–H and O–H groups in total. The van der Waals surface area contributed by atoms with Gasteiger partial charge in [-0.05, 0) is 40.2 Å². The molecular formula is C22H31ClF2N2O2. The van der Waals surface area contributed by atoms with Crippen molar-refractivity contribution < 1.29 is 18.3 Å². The molecule has 0 heterocycles. The highest BCUT2D eigenvalue weighted by atomic mass is 35.5. The van der Waals surface area contributed by atoms with E-state index in [1.165, 1.54) is 20.3 Å². The maximum atomic E-state index is 13.7. The van der Waals surface area contributed by atoms with Crippen molar-refractivity contribution in [1.82, 2.24) is 0 Å². The zero-order valence-corrected chi connectivity index (χ0v) is 19.1. The Hall–Kier alpha value is -2.21. The molecule has 7 heteroatoms. The van der Waals surface area contributed by atoms with Gasteiger partial charge in [0, 0.05) is 0 Å². The predicted molar refractivity (Wildman–Crippen MR) is 117 cm³/mol. The first-order valence-corrected chi connectivity index (χ1v) is 9.48. The third-order valence-corrected chi connectivity index (χ3v) is 4.71. The largest absolute Gasteiger partial charge is 0.492 e. The number of nitrogens with two attached hydrogens (primary N) is 2. The van der Waals surface area contributed by atoms with Gasteiger partial charge in [-0.1, -0.05) is 53.1 Å². The van der Waals surface area contributed by atoms with E-state index in [4.69, 9.17) is 32.5 Å². The molecule has 2 aromatic rings. The van der Waals surface area contributed by atoms with Crippen LogP contribution in [-0.2, 0) is 10.8 Å². The van der Waals surface area contributed by atoms with E-state index in [0.29, 0.717) is 11.3 Å². The second-order valence-electron chi connectivity index (χ2n) is 8.76. The zero-order valence-electron chi connectivity index (χ0n) is 18.3. The Morgan fingerprint density at radius 1 is 0.793 bits per heavy atom. The van der Waals surface area contributed by atoms with Crippen molar-refractivity contribution in [3.63, 3.8) is 0 Å². The molecule has 0 fully saturated rings. The maximum absolute atomic E-state index is 13.7. The highest BCUT2D eigenvalue weighted by molar-refractivity contribution is 6.32. The third kappa shape index (κ3) is 5.89. The third-order valence-electron chi connectivity index (χ3n) is 4.35. The minimum Gasteiger partial charge on any atom is -0.492 e. The molecule has 162 valence electrons. The lowest BCUT2D eigenvalue weighted by Gasteiger charge is -2.22. The van der Waals surface area contributed by atoms with E-state index in [1.54, 1.807) is 12.1 Å². The SMILES string of the molecule is COc1c(N)cc(C(C)(C)C)c(Cl)c1F.COc1c(N)cc(C(C)(C)C)cc1F. The molecule has 0 atom stereocenters. The molecule has 0 aliphatic heterocycles. The zero-order chi connectivity index (χ0) is 22.7. The summed E-state index contributed by atoms with van der Waals surface area (Å²) >= 11 is 5.92. The minimum atomic E-state index is -0.593. The molecular weight excluding hydrogens is 398 g/mol. The van der Waals surface area contributed by atoms with Crippen LogP contribution in [0.3, 0.4) is 0 Å². The molecule has 0 saturated heterocycles. The van der Waals surface area contributed by atoms with Gasteiger partial charge in [-0.3, -0.25) is 0 Å². The van der Waals surface area contributed by atoms with E-state index < -0.39 is 11.6 Å². The van der Waals surface area contributed by atoms with Gasteiger partial charge in [-0.25, -0.2) is 8.78 Å². The number of ether oxygens (including phenoxy) is 2. The van der Waals surface area contributed by atoms with Crippen LogP contribution in [0.2, 0.25) is 5.02 Å². The highest BCUT2D eigenvalue weighted by Crippen LogP contribution is 2.39. The van der Waals surface area contributed by atoms with Crippen molar-refractivity contribution in [2.45, 2.75) is 52.4 Å². The van der Waals surface area contributed by atoms with Crippen LogP contribution in [0.15, 0.2) is 18.2 Å². The summed E-state index contributed by atoms with van der Waals surface area (Å²) in [6.07, 6.45) is 0. The Labute approximate surface area is 177 Å². The lowest BCUT2D eigenvalue weighted by molar-refractivity contribution is 0.387. The van der Waals surface area contributed by atoms with Crippen molar-refractivity contribution in [2.75, 3.05) is 25.7 Å². The fourth-order valence-corrected chi connectivity index (χ4v) is 3.07. The smallest absolute Gasteiger partial charge is 0.186 e. The van der Waals surface area contributed by atoms with Crippen LogP contribution in [0.4, 0.5) is 20.2 Å². The van der Waals surface area contributed by atoms with E-state index in [-0.39, 0.29) is 33.0 Å². The van der Waals surface area contributed by atoms with Crippen LogP contribution in [0.5, 0.6) is 11.5 Å². The number of hydrogen-bond acceptors (Lipinski definition) is 4. The summed E-state index contributed by atoms with van der Waals surface area (Å²) in [5.74, 6) is -0.868. The maximum Gasteiger partial charge on any atom is 0.186 e. The Morgan fingerprint density at radius 2 is 1.28 bits per heavy atom. The van der Waals surface area contributed by atoms with Crippen LogP contribution in [-0.4, -0.2) is 14.2 Å². The Balaban J connectivity index is 0.000000291. The molecule has 0 aliphatic rings. The minimum absolute atomic E-state index is 0.00741. The van der Waals surface area contributed by atoms with Gasteiger partial charge in [0.15, 0.2) is 23.1 Å². The summed E-state index contributed by atoms with van der Waals surface area (Å²) in [5, 5.41) is 0.0774. The van der Waals surface area contributed by atoms with E-state index in [0.717, 1.165) is 5.56 Å². The van der Waals surface area contributed by atoms with Gasteiger partial charge in [0.05, 0.1) is 30.6 Å². The van der Waals surface area contributed by atoms with E-state index in [1.807, 2.05) is 41.5 Å². The van der Waals surface area contributed by atoms with Crippen LogP contribution >= 0.6 is 11.6 Å². The predicted octanol–water partition coefficient (Wildman–Crippen LogP) is 6.08. The highest BCUT2D eigenvalue weighted by Gasteiger charge is 2.24. The number of methoxy groups -OCH3 is 2. The molecule has 29 heavy (non-hydrogen) atoms. The quantitative estimate of drug-likeness (QED) is 0.568. The van der Waals surface area contributed by atoms with Crippen molar-refractivity contribution in [3.05, 3.63) is 46.0 Å². The average molecular weight is 429 g/mol. The fraction of sp³-hybridized carbons (Fsp3) is 0.455. The van der Waals surface area contributed by atoms with Crippen molar-refractivity contribution >= 4 is 23.0 Å². The molecule has 4 nitrogen and oxygen atoms in total. The molecule has 0 aliphatic carbocycles. The van der Waals surface area contributed by atoms with Crippen LogP contribution in [0, 0.1) is 11.6 Å².